The fourth-order valence-electron chi connectivity index (χ4n) is 3.91. The Morgan fingerprint density at radius 1 is 1.20 bits per heavy atom. The highest BCUT2D eigenvalue weighted by Crippen LogP contribution is 2.33. The number of nitrogen functional groups attached to an aromatic ring is 1. The number of hydrogen-bond donors (Lipinski definition) is 3. The normalized spacial score (nSPS) is 12.6. The van der Waals surface area contributed by atoms with E-state index in [0.29, 0.717) is 23.9 Å². The van der Waals surface area contributed by atoms with Crippen LogP contribution in [0.5, 0.6) is 17.4 Å². The Balaban J connectivity index is 1.38. The van der Waals surface area contributed by atoms with Crippen LogP contribution in [0, 0.1) is 17.1 Å². The number of hydrogen-bond acceptors (Lipinski definition) is 9. The second-order valence-corrected chi connectivity index (χ2v) is 9.81. The van der Waals surface area contributed by atoms with Crippen molar-refractivity contribution in [3.63, 3.8) is 0 Å². The molecule has 4 N–H and O–H groups in total. The van der Waals surface area contributed by atoms with Crippen molar-refractivity contribution in [3.8, 4) is 29.1 Å². The minimum absolute atomic E-state index is 0.0456. The lowest BCUT2D eigenvalue weighted by Crippen LogP contribution is -2.22. The Morgan fingerprint density at radius 3 is 2.77 bits per heavy atom. The van der Waals surface area contributed by atoms with Gasteiger partial charge in [-0.1, -0.05) is 26.8 Å². The third-order valence-electron chi connectivity index (χ3n) is 5.96. The number of halogens is 1. The van der Waals surface area contributed by atoms with Gasteiger partial charge in [0.05, 0.1) is 23.7 Å². The molecule has 13 heteroatoms. The maximum absolute atomic E-state index is 14.9. The third kappa shape index (κ3) is 5.33. The van der Waals surface area contributed by atoms with E-state index >= 15 is 0 Å². The van der Waals surface area contributed by atoms with Gasteiger partial charge >= 0.3 is 6.03 Å². The topological polar surface area (TPSA) is 162 Å². The van der Waals surface area contributed by atoms with E-state index in [9.17, 15) is 14.4 Å². The van der Waals surface area contributed by atoms with Crippen LogP contribution >= 0.6 is 0 Å². The summed E-state index contributed by atoms with van der Waals surface area (Å²) < 4.78 is 33.1. The van der Waals surface area contributed by atoms with Gasteiger partial charge in [-0.15, -0.1) is 0 Å². The van der Waals surface area contributed by atoms with Crippen LogP contribution in [0.4, 0.5) is 26.5 Å². The number of carbonyl (C=O) groups is 1. The third-order valence-corrected chi connectivity index (χ3v) is 5.96. The van der Waals surface area contributed by atoms with E-state index in [0.717, 1.165) is 23.7 Å². The van der Waals surface area contributed by atoms with Crippen molar-refractivity contribution >= 4 is 23.4 Å². The van der Waals surface area contributed by atoms with Gasteiger partial charge in [-0.3, -0.25) is 5.32 Å². The average Bonchev–Trinajstić information content (AvgIpc) is 3.34. The first-order valence-corrected chi connectivity index (χ1v) is 12.1. The Bertz CT molecular complexity index is 1640. The fraction of sp³-hybridized carbons (Fsp3) is 0.222. The summed E-state index contributed by atoms with van der Waals surface area (Å²) in [6.45, 7) is 6.48. The number of ether oxygens (including phenoxy) is 3. The van der Waals surface area contributed by atoms with Crippen LogP contribution in [-0.4, -0.2) is 32.6 Å². The Labute approximate surface area is 228 Å². The van der Waals surface area contributed by atoms with Crippen LogP contribution in [-0.2, 0) is 16.8 Å². The van der Waals surface area contributed by atoms with Crippen LogP contribution in [0.15, 0.2) is 48.8 Å². The van der Waals surface area contributed by atoms with Gasteiger partial charge in [0.15, 0.2) is 12.4 Å². The summed E-state index contributed by atoms with van der Waals surface area (Å²) >= 11 is 0. The summed E-state index contributed by atoms with van der Waals surface area (Å²) in [5.74, 6) is 0.130. The van der Waals surface area contributed by atoms with Crippen molar-refractivity contribution in [3.05, 3.63) is 71.4 Å². The number of carbonyl (C=O) groups excluding carboxylic acids is 1. The molecule has 0 radical (unpaired) electrons. The summed E-state index contributed by atoms with van der Waals surface area (Å²) in [5.41, 5.74) is 7.36. The lowest BCUT2D eigenvalue weighted by Gasteiger charge is -2.21. The number of nitriles is 1. The number of anilines is 3. The molecule has 4 aromatic rings. The molecule has 2 amide bonds. The highest BCUT2D eigenvalue weighted by atomic mass is 19.1. The molecule has 0 saturated carbocycles. The van der Waals surface area contributed by atoms with Crippen LogP contribution in [0.1, 0.15) is 37.6 Å². The first-order valence-electron chi connectivity index (χ1n) is 12.1. The minimum atomic E-state index is -0.775. The van der Waals surface area contributed by atoms with Crippen LogP contribution in [0.25, 0.3) is 5.69 Å². The molecule has 0 aliphatic carbocycles. The molecule has 5 rings (SSSR count). The first-order chi connectivity index (χ1) is 19.1. The van der Waals surface area contributed by atoms with Gasteiger partial charge in [0.25, 0.3) is 0 Å². The zero-order chi connectivity index (χ0) is 28.4. The second kappa shape index (κ2) is 10.5. The Hall–Kier alpha value is -5.22. The zero-order valence-electron chi connectivity index (χ0n) is 21.9. The number of rotatable bonds is 5. The molecule has 0 saturated heterocycles. The van der Waals surface area contributed by atoms with Crippen LogP contribution in [0.3, 0.4) is 0 Å². The monoisotopic (exact) mass is 544 g/mol. The summed E-state index contributed by atoms with van der Waals surface area (Å²) in [5, 5.41) is 19.3. The highest BCUT2D eigenvalue weighted by Gasteiger charge is 2.24. The predicted octanol–water partition coefficient (Wildman–Crippen LogP) is 4.86. The number of amides is 2. The number of nitrogens with zero attached hydrogens (tertiary/aromatic N) is 5. The molecule has 204 valence electrons. The molecule has 1 aliphatic heterocycles. The highest BCUT2D eigenvalue weighted by molar-refractivity contribution is 5.99. The standard InChI is InChI=1S/C27H25FN8O4/c1-27(2,3)22-10-23(36(35-22)20-5-4-6-21-17(20)12-38-14-39-21)34-26(37)33-19-8-7-15(9-18(19)28)40-25-16(11-29)24(30)31-13-32-25/h4-10,13H,12,14H2,1-3H3,(H2,30,31,32)(H2,33,34,37). The average molecular weight is 545 g/mol. The molecule has 2 aromatic heterocycles. The molecule has 0 bridgehead atoms. The van der Waals surface area contributed by atoms with Gasteiger partial charge in [0.2, 0.25) is 5.88 Å². The Morgan fingerprint density at radius 2 is 2.02 bits per heavy atom. The van der Waals surface area contributed by atoms with E-state index in [1.807, 2.05) is 45.0 Å². The van der Waals surface area contributed by atoms with Crippen molar-refractivity contribution in [2.45, 2.75) is 32.8 Å². The predicted molar refractivity (Wildman–Crippen MR) is 143 cm³/mol. The largest absolute Gasteiger partial charge is 0.467 e. The van der Waals surface area contributed by atoms with E-state index in [1.165, 1.54) is 12.1 Å². The Kier molecular flexibility index (Phi) is 6.93. The minimum Gasteiger partial charge on any atom is -0.467 e. The molecule has 0 unspecified atom stereocenters. The number of fused-ring (bicyclic) bond motifs is 1. The fourth-order valence-corrected chi connectivity index (χ4v) is 3.91. The van der Waals surface area contributed by atoms with Crippen molar-refractivity contribution in [1.29, 1.82) is 5.26 Å². The van der Waals surface area contributed by atoms with Gasteiger partial charge in [0, 0.05) is 23.1 Å². The molecule has 0 spiro atoms. The molecular weight excluding hydrogens is 519 g/mol. The molecular formula is C27H25FN8O4. The maximum Gasteiger partial charge on any atom is 0.324 e. The van der Waals surface area contributed by atoms with Crippen LogP contribution < -0.4 is 25.8 Å². The maximum atomic E-state index is 14.9. The molecule has 40 heavy (non-hydrogen) atoms. The molecule has 2 aromatic carbocycles. The van der Waals surface area contributed by atoms with Crippen molar-refractivity contribution in [2.75, 3.05) is 23.2 Å². The van der Waals surface area contributed by atoms with E-state index in [2.05, 4.69) is 20.6 Å². The number of urea groups is 1. The number of nitrogens with one attached hydrogen (secondary N) is 2. The number of benzene rings is 2. The van der Waals surface area contributed by atoms with Crippen molar-refractivity contribution in [1.82, 2.24) is 19.7 Å². The van der Waals surface area contributed by atoms with Gasteiger partial charge in [-0.25, -0.2) is 23.8 Å². The van der Waals surface area contributed by atoms with Crippen LogP contribution in [0.2, 0.25) is 0 Å². The summed E-state index contributed by atoms with van der Waals surface area (Å²) in [6.07, 6.45) is 1.13. The molecule has 0 fully saturated rings. The first kappa shape index (κ1) is 26.4. The molecule has 12 nitrogen and oxygen atoms in total. The van der Waals surface area contributed by atoms with E-state index in [-0.39, 0.29) is 40.9 Å². The van der Waals surface area contributed by atoms with Crippen molar-refractivity contribution < 1.29 is 23.4 Å². The quantitative estimate of drug-likeness (QED) is 0.319. The lowest BCUT2D eigenvalue weighted by molar-refractivity contribution is -0.0163. The summed E-state index contributed by atoms with van der Waals surface area (Å²) in [7, 11) is 0. The van der Waals surface area contributed by atoms with Crippen molar-refractivity contribution in [2.24, 2.45) is 0 Å². The molecule has 0 atom stereocenters. The van der Waals surface area contributed by atoms with Gasteiger partial charge in [-0.05, 0) is 24.3 Å². The number of aromatic nitrogens is 4. The molecule has 3 heterocycles. The molecule has 1 aliphatic rings. The number of nitrogens with two attached hydrogens (primary N) is 1. The van der Waals surface area contributed by atoms with Gasteiger partial charge < -0.3 is 25.3 Å². The summed E-state index contributed by atoms with van der Waals surface area (Å²) in [6, 6.07) is 12.2. The van der Waals surface area contributed by atoms with Gasteiger partial charge in [-0.2, -0.15) is 10.4 Å². The second-order valence-electron chi connectivity index (χ2n) is 9.81. The lowest BCUT2D eigenvalue weighted by atomic mass is 9.92. The SMILES string of the molecule is CC(C)(C)c1cc(NC(=O)Nc2ccc(Oc3ncnc(N)c3C#N)cc2F)n(-c2cccc3c2COCO3)n1. The van der Waals surface area contributed by atoms with E-state index in [4.69, 9.17) is 25.0 Å². The van der Waals surface area contributed by atoms with E-state index in [1.54, 1.807) is 10.7 Å². The smallest absolute Gasteiger partial charge is 0.324 e. The zero-order valence-corrected chi connectivity index (χ0v) is 21.9. The van der Waals surface area contributed by atoms with E-state index < -0.39 is 11.8 Å². The van der Waals surface area contributed by atoms with Gasteiger partial charge in [0.1, 0.15) is 41.3 Å². The summed E-state index contributed by atoms with van der Waals surface area (Å²) in [4.78, 5) is 20.6.